The van der Waals surface area contributed by atoms with Gasteiger partial charge < -0.3 is 15.5 Å². The molecule has 2 N–H and O–H groups in total. The summed E-state index contributed by atoms with van der Waals surface area (Å²) in [5.74, 6) is 2.95. The van der Waals surface area contributed by atoms with E-state index in [0.717, 1.165) is 31.1 Å². The molecule has 5 nitrogen and oxygen atoms in total. The Hall–Kier alpha value is -1.43. The monoisotopic (exact) mass is 307 g/mol. The molecule has 1 aromatic heterocycles. The third-order valence-corrected chi connectivity index (χ3v) is 3.84. The van der Waals surface area contributed by atoms with Gasteiger partial charge in [0, 0.05) is 31.4 Å². The molecule has 0 saturated carbocycles. The van der Waals surface area contributed by atoms with E-state index in [1.807, 2.05) is 19.9 Å². The molecule has 0 spiro atoms. The molecule has 0 aromatic carbocycles. The fourth-order valence-electron chi connectivity index (χ4n) is 2.93. The summed E-state index contributed by atoms with van der Waals surface area (Å²) in [6.45, 7) is 11.5. The van der Waals surface area contributed by atoms with Gasteiger partial charge in [-0.25, -0.2) is 4.98 Å². The molecule has 1 saturated heterocycles. The second-order valence-corrected chi connectivity index (χ2v) is 6.43. The number of hydrogen-bond acceptors (Lipinski definition) is 4. The van der Waals surface area contributed by atoms with Crippen molar-refractivity contribution in [3.63, 3.8) is 0 Å². The van der Waals surface area contributed by atoms with E-state index >= 15 is 0 Å². The molecular formula is C15H25N5S. The Kier molecular flexibility index (Phi) is 5.33. The molecular weight excluding hydrogens is 282 g/mol. The Labute approximate surface area is 132 Å². The van der Waals surface area contributed by atoms with Gasteiger partial charge in [-0.05, 0) is 44.3 Å². The SMILES string of the molecule is CCNC(=S)Nc1nc(C)cc(N2CC(C)CC(C)C2)n1. The van der Waals surface area contributed by atoms with Gasteiger partial charge in [-0.1, -0.05) is 13.8 Å². The first kappa shape index (κ1) is 15.9. The van der Waals surface area contributed by atoms with Gasteiger partial charge in [-0.2, -0.15) is 4.98 Å². The molecule has 2 atom stereocenters. The third kappa shape index (κ3) is 4.52. The summed E-state index contributed by atoms with van der Waals surface area (Å²) in [5.41, 5.74) is 0.952. The van der Waals surface area contributed by atoms with Crippen LogP contribution in [0.4, 0.5) is 11.8 Å². The zero-order chi connectivity index (χ0) is 15.4. The molecule has 1 aromatic rings. The van der Waals surface area contributed by atoms with Crippen molar-refractivity contribution in [2.75, 3.05) is 29.9 Å². The number of aryl methyl sites for hydroxylation is 1. The van der Waals surface area contributed by atoms with Crippen LogP contribution in [0.1, 0.15) is 32.9 Å². The Morgan fingerprint density at radius 3 is 2.62 bits per heavy atom. The Bertz CT molecular complexity index is 495. The standard InChI is InChI=1S/C15H25N5S/c1-5-16-15(21)19-14-17-12(4)7-13(18-14)20-8-10(2)6-11(3)9-20/h7,10-11H,5-6,8-9H2,1-4H3,(H2,16,17,18,19,21). The zero-order valence-corrected chi connectivity index (χ0v) is 14.1. The summed E-state index contributed by atoms with van der Waals surface area (Å²) in [5, 5.41) is 6.67. The van der Waals surface area contributed by atoms with Crippen molar-refractivity contribution < 1.29 is 0 Å². The molecule has 0 bridgehead atoms. The van der Waals surface area contributed by atoms with E-state index in [9.17, 15) is 0 Å². The van der Waals surface area contributed by atoms with Crippen molar-refractivity contribution in [2.45, 2.75) is 34.1 Å². The summed E-state index contributed by atoms with van der Waals surface area (Å²) < 4.78 is 0. The first-order valence-electron chi connectivity index (χ1n) is 7.63. The van der Waals surface area contributed by atoms with Gasteiger partial charge in [0.1, 0.15) is 5.82 Å². The highest BCUT2D eigenvalue weighted by Gasteiger charge is 2.23. The molecule has 0 aliphatic carbocycles. The van der Waals surface area contributed by atoms with E-state index in [-0.39, 0.29) is 0 Å². The highest BCUT2D eigenvalue weighted by atomic mass is 32.1. The quantitative estimate of drug-likeness (QED) is 0.837. The normalized spacial score (nSPS) is 22.0. The van der Waals surface area contributed by atoms with Gasteiger partial charge in [0.2, 0.25) is 5.95 Å². The van der Waals surface area contributed by atoms with Gasteiger partial charge in [0.25, 0.3) is 0 Å². The molecule has 1 fully saturated rings. The van der Waals surface area contributed by atoms with Crippen LogP contribution in [0.25, 0.3) is 0 Å². The van der Waals surface area contributed by atoms with Crippen molar-refractivity contribution in [3.8, 4) is 0 Å². The third-order valence-electron chi connectivity index (χ3n) is 3.60. The smallest absolute Gasteiger partial charge is 0.231 e. The minimum absolute atomic E-state index is 0.564. The average molecular weight is 307 g/mol. The van der Waals surface area contributed by atoms with Crippen LogP contribution in [0.15, 0.2) is 6.07 Å². The average Bonchev–Trinajstić information content (AvgIpc) is 2.37. The lowest BCUT2D eigenvalue weighted by Crippen LogP contribution is -2.39. The van der Waals surface area contributed by atoms with Crippen LogP contribution in [-0.4, -0.2) is 34.7 Å². The van der Waals surface area contributed by atoms with E-state index < -0.39 is 0 Å². The minimum Gasteiger partial charge on any atom is -0.363 e. The van der Waals surface area contributed by atoms with E-state index in [0.29, 0.717) is 22.9 Å². The number of thiocarbonyl (C=S) groups is 1. The van der Waals surface area contributed by atoms with Crippen molar-refractivity contribution in [1.82, 2.24) is 15.3 Å². The van der Waals surface area contributed by atoms with Crippen LogP contribution in [0.2, 0.25) is 0 Å². The molecule has 2 unspecified atom stereocenters. The Morgan fingerprint density at radius 2 is 2.00 bits per heavy atom. The van der Waals surface area contributed by atoms with E-state index in [4.69, 9.17) is 12.2 Å². The highest BCUT2D eigenvalue weighted by Crippen LogP contribution is 2.25. The van der Waals surface area contributed by atoms with Crippen LogP contribution in [0.5, 0.6) is 0 Å². The fourth-order valence-corrected chi connectivity index (χ4v) is 3.16. The fraction of sp³-hybridized carbons (Fsp3) is 0.667. The Balaban J connectivity index is 2.16. The minimum atomic E-state index is 0.564. The second-order valence-electron chi connectivity index (χ2n) is 6.03. The predicted molar refractivity (Wildman–Crippen MR) is 91.8 cm³/mol. The first-order chi connectivity index (χ1) is 9.97. The van der Waals surface area contributed by atoms with Crippen molar-refractivity contribution >= 4 is 29.1 Å². The molecule has 0 amide bonds. The van der Waals surface area contributed by atoms with Gasteiger partial charge in [0.05, 0.1) is 0 Å². The van der Waals surface area contributed by atoms with E-state index in [2.05, 4.69) is 39.3 Å². The van der Waals surface area contributed by atoms with Crippen LogP contribution in [0.3, 0.4) is 0 Å². The maximum atomic E-state index is 5.20. The lowest BCUT2D eigenvalue weighted by atomic mass is 9.92. The summed E-state index contributed by atoms with van der Waals surface area (Å²) in [6, 6.07) is 2.05. The van der Waals surface area contributed by atoms with Crippen LogP contribution < -0.4 is 15.5 Å². The maximum absolute atomic E-state index is 5.20. The summed E-state index contributed by atoms with van der Waals surface area (Å²) in [6.07, 6.45) is 1.29. The van der Waals surface area contributed by atoms with Crippen molar-refractivity contribution in [3.05, 3.63) is 11.8 Å². The summed E-state index contributed by atoms with van der Waals surface area (Å²) >= 11 is 5.20. The van der Waals surface area contributed by atoms with Gasteiger partial charge >= 0.3 is 0 Å². The van der Waals surface area contributed by atoms with Gasteiger partial charge in [-0.3, -0.25) is 0 Å². The van der Waals surface area contributed by atoms with Crippen LogP contribution >= 0.6 is 12.2 Å². The maximum Gasteiger partial charge on any atom is 0.231 e. The Morgan fingerprint density at radius 1 is 1.33 bits per heavy atom. The predicted octanol–water partition coefficient (Wildman–Crippen LogP) is 2.57. The molecule has 1 aliphatic heterocycles. The van der Waals surface area contributed by atoms with Gasteiger partial charge in [0.15, 0.2) is 5.11 Å². The first-order valence-corrected chi connectivity index (χ1v) is 8.04. The number of nitrogens with zero attached hydrogens (tertiary/aromatic N) is 3. The molecule has 2 heterocycles. The van der Waals surface area contributed by atoms with Gasteiger partial charge in [-0.15, -0.1) is 0 Å². The van der Waals surface area contributed by atoms with Crippen molar-refractivity contribution in [2.24, 2.45) is 11.8 Å². The molecule has 116 valence electrons. The van der Waals surface area contributed by atoms with Crippen LogP contribution in [0, 0.1) is 18.8 Å². The summed E-state index contributed by atoms with van der Waals surface area (Å²) in [7, 11) is 0. The molecule has 2 rings (SSSR count). The molecule has 21 heavy (non-hydrogen) atoms. The molecule has 1 aliphatic rings. The second kappa shape index (κ2) is 7.02. The summed E-state index contributed by atoms with van der Waals surface area (Å²) in [4.78, 5) is 11.4. The van der Waals surface area contributed by atoms with Crippen LogP contribution in [-0.2, 0) is 0 Å². The molecule has 0 radical (unpaired) electrons. The number of hydrogen-bond donors (Lipinski definition) is 2. The zero-order valence-electron chi connectivity index (χ0n) is 13.3. The lowest BCUT2D eigenvalue weighted by Gasteiger charge is -2.36. The van der Waals surface area contributed by atoms with E-state index in [1.165, 1.54) is 6.42 Å². The topological polar surface area (TPSA) is 53.1 Å². The number of nitrogens with one attached hydrogen (secondary N) is 2. The largest absolute Gasteiger partial charge is 0.363 e. The number of rotatable bonds is 3. The lowest BCUT2D eigenvalue weighted by molar-refractivity contribution is 0.355. The van der Waals surface area contributed by atoms with E-state index in [1.54, 1.807) is 0 Å². The number of aromatic nitrogens is 2. The highest BCUT2D eigenvalue weighted by molar-refractivity contribution is 7.80. The molecule has 6 heteroatoms. The number of anilines is 2. The number of piperidine rings is 1. The van der Waals surface area contributed by atoms with Crippen molar-refractivity contribution in [1.29, 1.82) is 0 Å².